The number of carbonyl (C=O) groups excluding carboxylic acids is 1. The molecule has 1 saturated heterocycles. The van der Waals surface area contributed by atoms with Crippen LogP contribution in [0.15, 0.2) is 0 Å². The van der Waals surface area contributed by atoms with Crippen LogP contribution in [0.3, 0.4) is 0 Å². The molecule has 1 fully saturated rings. The van der Waals surface area contributed by atoms with Crippen LogP contribution in [0.1, 0.15) is 37.6 Å². The van der Waals surface area contributed by atoms with E-state index >= 15 is 0 Å². The fourth-order valence-corrected chi connectivity index (χ4v) is 2.63. The standard InChI is InChI=1S/C11H18N4OS/c1-2-10-14-15-11(17-10)13-9(16)6-5-8-4-3-7-12-8/h8,12H,2-7H2,1H3,(H,13,15,16). The van der Waals surface area contributed by atoms with E-state index in [1.807, 2.05) is 6.92 Å². The Morgan fingerprint density at radius 1 is 1.59 bits per heavy atom. The minimum Gasteiger partial charge on any atom is -0.314 e. The van der Waals surface area contributed by atoms with Gasteiger partial charge in [0.05, 0.1) is 0 Å². The summed E-state index contributed by atoms with van der Waals surface area (Å²) in [7, 11) is 0. The molecule has 0 saturated carbocycles. The number of hydrogen-bond donors (Lipinski definition) is 2. The number of anilines is 1. The van der Waals surface area contributed by atoms with Crippen molar-refractivity contribution in [3.05, 3.63) is 5.01 Å². The van der Waals surface area contributed by atoms with E-state index in [4.69, 9.17) is 0 Å². The lowest BCUT2D eigenvalue weighted by Crippen LogP contribution is -2.23. The van der Waals surface area contributed by atoms with Crippen LogP contribution in [-0.2, 0) is 11.2 Å². The van der Waals surface area contributed by atoms with Gasteiger partial charge in [-0.15, -0.1) is 10.2 Å². The van der Waals surface area contributed by atoms with Crippen LogP contribution in [0, 0.1) is 0 Å². The second-order valence-electron chi connectivity index (χ2n) is 4.23. The molecule has 6 heteroatoms. The number of amides is 1. The van der Waals surface area contributed by atoms with Gasteiger partial charge in [0.2, 0.25) is 11.0 Å². The third kappa shape index (κ3) is 3.74. The summed E-state index contributed by atoms with van der Waals surface area (Å²) in [5.41, 5.74) is 0. The molecule has 94 valence electrons. The molecule has 1 amide bonds. The first kappa shape index (κ1) is 12.4. The Morgan fingerprint density at radius 2 is 2.47 bits per heavy atom. The zero-order valence-corrected chi connectivity index (χ0v) is 10.8. The molecule has 2 N–H and O–H groups in total. The minimum absolute atomic E-state index is 0.0394. The third-order valence-corrected chi connectivity index (χ3v) is 3.88. The van der Waals surface area contributed by atoms with Gasteiger partial charge in [0, 0.05) is 12.5 Å². The highest BCUT2D eigenvalue weighted by atomic mass is 32.1. The van der Waals surface area contributed by atoms with E-state index in [1.54, 1.807) is 0 Å². The van der Waals surface area contributed by atoms with Gasteiger partial charge in [0.1, 0.15) is 5.01 Å². The molecular weight excluding hydrogens is 236 g/mol. The molecule has 1 aromatic heterocycles. The summed E-state index contributed by atoms with van der Waals surface area (Å²) in [4.78, 5) is 11.7. The summed E-state index contributed by atoms with van der Waals surface area (Å²) in [6.45, 7) is 3.11. The van der Waals surface area contributed by atoms with Gasteiger partial charge in [0.15, 0.2) is 0 Å². The van der Waals surface area contributed by atoms with Crippen LogP contribution in [0.4, 0.5) is 5.13 Å². The molecule has 2 heterocycles. The maximum absolute atomic E-state index is 11.7. The average molecular weight is 254 g/mol. The molecular formula is C11H18N4OS. The van der Waals surface area contributed by atoms with Crippen molar-refractivity contribution in [2.24, 2.45) is 0 Å². The summed E-state index contributed by atoms with van der Waals surface area (Å²) >= 11 is 1.45. The third-order valence-electron chi connectivity index (χ3n) is 2.90. The van der Waals surface area contributed by atoms with Gasteiger partial charge < -0.3 is 10.6 Å². The number of aryl methyl sites for hydroxylation is 1. The highest BCUT2D eigenvalue weighted by Crippen LogP contribution is 2.16. The number of hydrogen-bond acceptors (Lipinski definition) is 5. The van der Waals surface area contributed by atoms with Crippen molar-refractivity contribution in [1.29, 1.82) is 0 Å². The fourth-order valence-electron chi connectivity index (χ4n) is 1.94. The predicted molar refractivity (Wildman–Crippen MR) is 68.2 cm³/mol. The van der Waals surface area contributed by atoms with E-state index in [1.165, 1.54) is 24.2 Å². The van der Waals surface area contributed by atoms with Crippen LogP contribution >= 0.6 is 11.3 Å². The van der Waals surface area contributed by atoms with Crippen LogP contribution in [-0.4, -0.2) is 28.7 Å². The molecule has 1 aromatic rings. The quantitative estimate of drug-likeness (QED) is 0.837. The monoisotopic (exact) mass is 254 g/mol. The van der Waals surface area contributed by atoms with E-state index < -0.39 is 0 Å². The second-order valence-corrected chi connectivity index (χ2v) is 5.30. The van der Waals surface area contributed by atoms with Crippen molar-refractivity contribution < 1.29 is 4.79 Å². The van der Waals surface area contributed by atoms with Crippen LogP contribution < -0.4 is 10.6 Å². The summed E-state index contributed by atoms with van der Waals surface area (Å²) < 4.78 is 0. The number of nitrogens with zero attached hydrogens (tertiary/aromatic N) is 2. The molecule has 0 radical (unpaired) electrons. The molecule has 1 aliphatic rings. The van der Waals surface area contributed by atoms with Gasteiger partial charge in [-0.05, 0) is 32.2 Å². The van der Waals surface area contributed by atoms with Gasteiger partial charge >= 0.3 is 0 Å². The van der Waals surface area contributed by atoms with Crippen molar-refractivity contribution in [1.82, 2.24) is 15.5 Å². The molecule has 0 aromatic carbocycles. The number of nitrogens with one attached hydrogen (secondary N) is 2. The van der Waals surface area contributed by atoms with Crippen molar-refractivity contribution in [3.63, 3.8) is 0 Å². The zero-order valence-electron chi connectivity index (χ0n) is 10.0. The highest BCUT2D eigenvalue weighted by molar-refractivity contribution is 7.15. The van der Waals surface area contributed by atoms with Crippen molar-refractivity contribution in [3.8, 4) is 0 Å². The average Bonchev–Trinajstić information content (AvgIpc) is 2.97. The minimum atomic E-state index is 0.0394. The van der Waals surface area contributed by atoms with E-state index in [0.29, 0.717) is 17.6 Å². The lowest BCUT2D eigenvalue weighted by molar-refractivity contribution is -0.116. The molecule has 0 aliphatic carbocycles. The summed E-state index contributed by atoms with van der Waals surface area (Å²) in [5.74, 6) is 0.0394. The summed E-state index contributed by atoms with van der Waals surface area (Å²) in [6, 6.07) is 0.515. The molecule has 17 heavy (non-hydrogen) atoms. The Balaban J connectivity index is 1.72. The first-order valence-corrected chi connectivity index (χ1v) is 6.95. The van der Waals surface area contributed by atoms with Crippen molar-refractivity contribution in [2.75, 3.05) is 11.9 Å². The van der Waals surface area contributed by atoms with E-state index in [0.717, 1.165) is 24.4 Å². The SMILES string of the molecule is CCc1nnc(NC(=O)CCC2CCCN2)s1. The molecule has 1 unspecified atom stereocenters. The van der Waals surface area contributed by atoms with Crippen molar-refractivity contribution >= 4 is 22.4 Å². The Labute approximate surface area is 105 Å². The Kier molecular flexibility index (Phi) is 4.44. The molecule has 5 nitrogen and oxygen atoms in total. The van der Waals surface area contributed by atoms with Gasteiger partial charge in [0.25, 0.3) is 0 Å². The number of carbonyl (C=O) groups is 1. The molecule has 1 atom stereocenters. The molecule has 0 spiro atoms. The zero-order chi connectivity index (χ0) is 12.1. The summed E-state index contributed by atoms with van der Waals surface area (Å²) in [5, 5.41) is 15.7. The van der Waals surface area contributed by atoms with Gasteiger partial charge in [-0.3, -0.25) is 4.79 Å². The largest absolute Gasteiger partial charge is 0.314 e. The molecule has 1 aliphatic heterocycles. The Bertz CT molecular complexity index is 373. The predicted octanol–water partition coefficient (Wildman–Crippen LogP) is 1.57. The number of aromatic nitrogens is 2. The van der Waals surface area contributed by atoms with E-state index in [-0.39, 0.29) is 5.91 Å². The van der Waals surface area contributed by atoms with E-state index in [2.05, 4.69) is 20.8 Å². The lowest BCUT2D eigenvalue weighted by Gasteiger charge is -2.08. The Hall–Kier alpha value is -1.01. The van der Waals surface area contributed by atoms with Crippen LogP contribution in [0.5, 0.6) is 0 Å². The maximum atomic E-state index is 11.7. The van der Waals surface area contributed by atoms with Gasteiger partial charge in [-0.1, -0.05) is 18.3 Å². The first-order chi connectivity index (χ1) is 8.28. The highest BCUT2D eigenvalue weighted by Gasteiger charge is 2.15. The second kappa shape index (κ2) is 6.07. The number of rotatable bonds is 5. The first-order valence-electron chi connectivity index (χ1n) is 6.13. The van der Waals surface area contributed by atoms with Crippen LogP contribution in [0.2, 0.25) is 0 Å². The normalized spacial score (nSPS) is 19.5. The Morgan fingerprint density at radius 3 is 3.12 bits per heavy atom. The van der Waals surface area contributed by atoms with Crippen molar-refractivity contribution in [2.45, 2.75) is 45.1 Å². The summed E-state index contributed by atoms with van der Waals surface area (Å²) in [6.07, 6.45) is 4.73. The topological polar surface area (TPSA) is 66.9 Å². The van der Waals surface area contributed by atoms with Gasteiger partial charge in [-0.2, -0.15) is 0 Å². The maximum Gasteiger partial charge on any atom is 0.226 e. The lowest BCUT2D eigenvalue weighted by atomic mass is 10.1. The fraction of sp³-hybridized carbons (Fsp3) is 0.727. The smallest absolute Gasteiger partial charge is 0.226 e. The van der Waals surface area contributed by atoms with Crippen LogP contribution in [0.25, 0.3) is 0 Å². The molecule has 2 rings (SSSR count). The molecule has 0 bridgehead atoms. The van der Waals surface area contributed by atoms with E-state index in [9.17, 15) is 4.79 Å². The van der Waals surface area contributed by atoms with Gasteiger partial charge in [-0.25, -0.2) is 0 Å².